The van der Waals surface area contributed by atoms with Gasteiger partial charge in [0, 0.05) is 24.2 Å². The van der Waals surface area contributed by atoms with Gasteiger partial charge < -0.3 is 14.4 Å². The summed E-state index contributed by atoms with van der Waals surface area (Å²) in [6, 6.07) is 11.5. The molecule has 2 aromatic carbocycles. The van der Waals surface area contributed by atoms with Gasteiger partial charge in [-0.05, 0) is 31.2 Å². The lowest BCUT2D eigenvalue weighted by molar-refractivity contribution is -0.132. The smallest absolute Gasteiger partial charge is 0.260 e. The highest BCUT2D eigenvalue weighted by molar-refractivity contribution is 6.31. The van der Waals surface area contributed by atoms with Crippen molar-refractivity contribution >= 4 is 17.5 Å². The highest BCUT2D eigenvalue weighted by Crippen LogP contribution is 2.26. The fraction of sp³-hybridized carbons (Fsp3) is 0.278. The van der Waals surface area contributed by atoms with Gasteiger partial charge in [0.2, 0.25) is 0 Å². The molecular weight excluding hydrogens is 333 g/mol. The van der Waals surface area contributed by atoms with Crippen LogP contribution in [0.2, 0.25) is 5.02 Å². The lowest BCUT2D eigenvalue weighted by atomic mass is 10.2. The molecule has 0 aromatic heterocycles. The van der Waals surface area contributed by atoms with Crippen molar-refractivity contribution in [3.63, 3.8) is 0 Å². The van der Waals surface area contributed by atoms with Crippen LogP contribution in [0.4, 0.5) is 4.39 Å². The first-order valence-electron chi connectivity index (χ1n) is 7.54. The molecule has 0 spiro atoms. The normalized spacial score (nSPS) is 10.3. The Balaban J connectivity index is 1.97. The molecular formula is C18H19ClFNO3. The summed E-state index contributed by atoms with van der Waals surface area (Å²) in [5, 5.41) is 0.289. The van der Waals surface area contributed by atoms with E-state index in [9.17, 15) is 9.18 Å². The molecule has 0 N–H and O–H groups in total. The largest absolute Gasteiger partial charge is 0.490 e. The van der Waals surface area contributed by atoms with Crippen molar-refractivity contribution in [3.05, 3.63) is 58.9 Å². The van der Waals surface area contributed by atoms with Crippen molar-refractivity contribution in [2.24, 2.45) is 0 Å². The van der Waals surface area contributed by atoms with Gasteiger partial charge in [0.05, 0.1) is 6.61 Å². The Bertz CT molecular complexity index is 688. The molecule has 0 bridgehead atoms. The molecule has 6 heteroatoms. The van der Waals surface area contributed by atoms with Gasteiger partial charge in [0.1, 0.15) is 5.82 Å². The van der Waals surface area contributed by atoms with E-state index in [-0.39, 0.29) is 29.6 Å². The van der Waals surface area contributed by atoms with Crippen LogP contribution in [0.5, 0.6) is 11.5 Å². The van der Waals surface area contributed by atoms with E-state index >= 15 is 0 Å². The van der Waals surface area contributed by atoms with Crippen molar-refractivity contribution in [2.75, 3.05) is 20.3 Å². The summed E-state index contributed by atoms with van der Waals surface area (Å²) in [7, 11) is 1.57. The third kappa shape index (κ3) is 4.61. The predicted octanol–water partition coefficient (Wildman–Crippen LogP) is 3.92. The zero-order valence-electron chi connectivity index (χ0n) is 13.6. The average molecular weight is 352 g/mol. The zero-order valence-corrected chi connectivity index (χ0v) is 14.3. The van der Waals surface area contributed by atoms with E-state index in [2.05, 4.69) is 0 Å². The highest BCUT2D eigenvalue weighted by atomic mass is 35.5. The van der Waals surface area contributed by atoms with Crippen molar-refractivity contribution in [1.29, 1.82) is 0 Å². The van der Waals surface area contributed by atoms with E-state index < -0.39 is 5.82 Å². The molecule has 128 valence electrons. The zero-order chi connectivity index (χ0) is 17.5. The Morgan fingerprint density at radius 1 is 1.12 bits per heavy atom. The first kappa shape index (κ1) is 18.1. The topological polar surface area (TPSA) is 38.8 Å². The second-order valence-electron chi connectivity index (χ2n) is 5.12. The molecule has 0 atom stereocenters. The number of carbonyl (C=O) groups excluding carboxylic acids is 1. The molecule has 0 heterocycles. The van der Waals surface area contributed by atoms with Gasteiger partial charge in [0.15, 0.2) is 18.1 Å². The number of hydrogen-bond acceptors (Lipinski definition) is 3. The monoisotopic (exact) mass is 351 g/mol. The van der Waals surface area contributed by atoms with Gasteiger partial charge >= 0.3 is 0 Å². The fourth-order valence-electron chi connectivity index (χ4n) is 2.10. The number of carbonyl (C=O) groups is 1. The Labute approximate surface area is 145 Å². The van der Waals surface area contributed by atoms with Crippen LogP contribution >= 0.6 is 11.6 Å². The lowest BCUT2D eigenvalue weighted by Crippen LogP contribution is -2.31. The number of rotatable bonds is 7. The quantitative estimate of drug-likeness (QED) is 0.759. The molecule has 0 fully saturated rings. The van der Waals surface area contributed by atoms with Gasteiger partial charge in [-0.1, -0.05) is 29.8 Å². The van der Waals surface area contributed by atoms with E-state index in [4.69, 9.17) is 21.1 Å². The van der Waals surface area contributed by atoms with Crippen LogP contribution < -0.4 is 9.47 Å². The summed E-state index contributed by atoms with van der Waals surface area (Å²) in [4.78, 5) is 13.6. The van der Waals surface area contributed by atoms with Gasteiger partial charge in [-0.3, -0.25) is 4.79 Å². The van der Waals surface area contributed by atoms with Crippen LogP contribution in [-0.2, 0) is 11.3 Å². The minimum atomic E-state index is -0.440. The molecule has 0 aliphatic heterocycles. The van der Waals surface area contributed by atoms with E-state index in [0.717, 1.165) is 0 Å². The first-order valence-corrected chi connectivity index (χ1v) is 7.92. The molecule has 0 radical (unpaired) electrons. The van der Waals surface area contributed by atoms with Crippen molar-refractivity contribution < 1.29 is 18.7 Å². The molecule has 0 aliphatic carbocycles. The molecule has 0 unspecified atom stereocenters. The van der Waals surface area contributed by atoms with Crippen LogP contribution in [0.15, 0.2) is 42.5 Å². The summed E-state index contributed by atoms with van der Waals surface area (Å²) in [6.07, 6.45) is 0. The van der Waals surface area contributed by atoms with Crippen LogP contribution in [0.25, 0.3) is 0 Å². The third-order valence-electron chi connectivity index (χ3n) is 3.38. The number of para-hydroxylation sites is 2. The SMILES string of the molecule is CCOc1ccccc1OCC(=O)N(C)Cc1c(F)cccc1Cl. The maximum atomic E-state index is 13.8. The lowest BCUT2D eigenvalue weighted by Gasteiger charge is -2.19. The summed E-state index contributed by atoms with van der Waals surface area (Å²) < 4.78 is 24.8. The summed E-state index contributed by atoms with van der Waals surface area (Å²) in [5.74, 6) is 0.336. The van der Waals surface area contributed by atoms with E-state index in [1.54, 1.807) is 31.3 Å². The van der Waals surface area contributed by atoms with Crippen molar-refractivity contribution in [3.8, 4) is 11.5 Å². The van der Waals surface area contributed by atoms with Gasteiger partial charge in [0.25, 0.3) is 5.91 Å². The Morgan fingerprint density at radius 2 is 1.79 bits per heavy atom. The molecule has 0 saturated heterocycles. The standard InChI is InChI=1S/C18H19ClFNO3/c1-3-23-16-9-4-5-10-17(16)24-12-18(22)21(2)11-13-14(19)7-6-8-15(13)20/h4-10H,3,11-12H2,1-2H3. The molecule has 2 aromatic rings. The van der Waals surface area contributed by atoms with Crippen LogP contribution in [0.1, 0.15) is 12.5 Å². The minimum absolute atomic E-state index is 0.0702. The maximum absolute atomic E-state index is 13.8. The molecule has 2 rings (SSSR count). The summed E-state index contributed by atoms with van der Waals surface area (Å²) in [5.41, 5.74) is 0.282. The van der Waals surface area contributed by atoms with Crippen LogP contribution in [0.3, 0.4) is 0 Å². The maximum Gasteiger partial charge on any atom is 0.260 e. The molecule has 4 nitrogen and oxygen atoms in total. The average Bonchev–Trinajstić information content (AvgIpc) is 2.57. The number of hydrogen-bond donors (Lipinski definition) is 0. The van der Waals surface area contributed by atoms with Crippen molar-refractivity contribution in [1.82, 2.24) is 4.90 Å². The number of halogens is 2. The van der Waals surface area contributed by atoms with Gasteiger partial charge in [-0.15, -0.1) is 0 Å². The molecule has 24 heavy (non-hydrogen) atoms. The highest BCUT2D eigenvalue weighted by Gasteiger charge is 2.15. The van der Waals surface area contributed by atoms with Crippen molar-refractivity contribution in [2.45, 2.75) is 13.5 Å². The predicted molar refractivity (Wildman–Crippen MR) is 91.0 cm³/mol. The summed E-state index contributed by atoms with van der Waals surface area (Å²) >= 11 is 5.98. The minimum Gasteiger partial charge on any atom is -0.490 e. The second kappa shape index (κ2) is 8.55. The van der Waals surface area contributed by atoms with Crippen LogP contribution in [-0.4, -0.2) is 31.1 Å². The van der Waals surface area contributed by atoms with Crippen LogP contribution in [0, 0.1) is 5.82 Å². The van der Waals surface area contributed by atoms with E-state index in [1.807, 2.05) is 13.0 Å². The Morgan fingerprint density at radius 3 is 2.42 bits per heavy atom. The third-order valence-corrected chi connectivity index (χ3v) is 3.74. The number of likely N-dealkylation sites (N-methyl/N-ethyl adjacent to an activating group) is 1. The number of nitrogens with zero attached hydrogens (tertiary/aromatic N) is 1. The van der Waals surface area contributed by atoms with Gasteiger partial charge in [-0.25, -0.2) is 4.39 Å². The Kier molecular flexibility index (Phi) is 6.44. The number of ether oxygens (including phenoxy) is 2. The van der Waals surface area contributed by atoms with E-state index in [0.29, 0.717) is 18.1 Å². The first-order chi connectivity index (χ1) is 11.5. The van der Waals surface area contributed by atoms with E-state index in [1.165, 1.54) is 17.0 Å². The second-order valence-corrected chi connectivity index (χ2v) is 5.53. The molecule has 0 aliphatic rings. The molecule has 0 saturated carbocycles. The summed E-state index contributed by atoms with van der Waals surface area (Å²) in [6.45, 7) is 2.27. The molecule has 1 amide bonds. The number of amides is 1. The Hall–Kier alpha value is -2.27. The number of benzene rings is 2. The fourth-order valence-corrected chi connectivity index (χ4v) is 2.33. The van der Waals surface area contributed by atoms with Gasteiger partial charge in [-0.2, -0.15) is 0 Å².